The lowest BCUT2D eigenvalue weighted by molar-refractivity contribution is 0.129. The van der Waals surface area contributed by atoms with E-state index < -0.39 is 16.1 Å². The summed E-state index contributed by atoms with van der Waals surface area (Å²) in [7, 11) is -3.55. The zero-order chi connectivity index (χ0) is 15.3. The van der Waals surface area contributed by atoms with Gasteiger partial charge in [-0.15, -0.1) is 0 Å². The minimum absolute atomic E-state index is 0.176. The fraction of sp³-hybridized carbons (Fsp3) is 0.600. The smallest absolute Gasteiger partial charge is 0.240 e. The van der Waals surface area contributed by atoms with Crippen LogP contribution in [0.1, 0.15) is 37.9 Å². The number of hydrogen-bond donors (Lipinski definition) is 2. The summed E-state index contributed by atoms with van der Waals surface area (Å²) in [4.78, 5) is 0.176. The molecule has 1 aromatic carbocycles. The van der Waals surface area contributed by atoms with Crippen LogP contribution in [-0.2, 0) is 14.8 Å². The number of nitrogens with one attached hydrogen (secondary N) is 1. The topological polar surface area (TPSA) is 75.6 Å². The van der Waals surface area contributed by atoms with Gasteiger partial charge in [0.05, 0.1) is 17.6 Å². The van der Waals surface area contributed by atoms with Gasteiger partial charge >= 0.3 is 0 Å². The molecule has 1 saturated carbocycles. The molecule has 0 aromatic heterocycles. The molecular formula is C15H23NO4S. The maximum absolute atomic E-state index is 12.2. The highest BCUT2D eigenvalue weighted by atomic mass is 32.2. The monoisotopic (exact) mass is 313 g/mol. The second kappa shape index (κ2) is 7.35. The van der Waals surface area contributed by atoms with E-state index >= 15 is 0 Å². The fourth-order valence-corrected chi connectivity index (χ4v) is 3.06. The molecule has 0 saturated heterocycles. The number of hydrogen-bond acceptors (Lipinski definition) is 4. The van der Waals surface area contributed by atoms with Crippen molar-refractivity contribution in [2.24, 2.45) is 5.92 Å². The van der Waals surface area contributed by atoms with E-state index in [9.17, 15) is 13.5 Å². The van der Waals surface area contributed by atoms with Gasteiger partial charge in [-0.1, -0.05) is 19.1 Å². The van der Waals surface area contributed by atoms with Crippen LogP contribution in [0.15, 0.2) is 29.2 Å². The van der Waals surface area contributed by atoms with E-state index in [1.807, 2.05) is 6.92 Å². The molecule has 1 aromatic rings. The zero-order valence-electron chi connectivity index (χ0n) is 12.3. The second-order valence-electron chi connectivity index (χ2n) is 5.41. The van der Waals surface area contributed by atoms with E-state index in [0.717, 1.165) is 6.61 Å². The van der Waals surface area contributed by atoms with Crippen molar-refractivity contribution in [2.75, 3.05) is 19.8 Å². The molecule has 2 rings (SSSR count). The molecule has 1 aliphatic rings. The molecule has 2 N–H and O–H groups in total. The first-order chi connectivity index (χ1) is 10.0. The Labute approximate surface area is 126 Å². The van der Waals surface area contributed by atoms with Crippen LogP contribution in [-0.4, -0.2) is 33.3 Å². The lowest BCUT2D eigenvalue weighted by Gasteiger charge is -2.11. The molecule has 0 amide bonds. The second-order valence-corrected chi connectivity index (χ2v) is 7.18. The Hall–Kier alpha value is -0.950. The molecule has 1 unspecified atom stereocenters. The van der Waals surface area contributed by atoms with Crippen LogP contribution in [0.3, 0.4) is 0 Å². The summed E-state index contributed by atoms with van der Waals surface area (Å²) in [5.41, 5.74) is 0.616. The van der Waals surface area contributed by atoms with E-state index in [1.165, 1.54) is 25.0 Å². The first-order valence-corrected chi connectivity index (χ1v) is 8.86. The van der Waals surface area contributed by atoms with Crippen LogP contribution in [0, 0.1) is 5.92 Å². The highest BCUT2D eigenvalue weighted by Gasteiger charge is 2.21. The standard InChI is InChI=1S/C15H23NO4S/c1-2-15(17)13-4-3-5-14(10-13)21(18,19)16-8-9-20-11-12-6-7-12/h3-5,10,12,15-17H,2,6-9,11H2,1H3. The molecule has 118 valence electrons. The molecule has 1 atom stereocenters. The fourth-order valence-electron chi connectivity index (χ4n) is 1.99. The summed E-state index contributed by atoms with van der Waals surface area (Å²) >= 11 is 0. The highest BCUT2D eigenvalue weighted by molar-refractivity contribution is 7.89. The van der Waals surface area contributed by atoms with Gasteiger partial charge in [-0.3, -0.25) is 0 Å². The lowest BCUT2D eigenvalue weighted by Crippen LogP contribution is -2.27. The maximum atomic E-state index is 12.2. The largest absolute Gasteiger partial charge is 0.388 e. The third-order valence-electron chi connectivity index (χ3n) is 3.53. The molecule has 5 nitrogen and oxygen atoms in total. The predicted molar refractivity (Wildman–Crippen MR) is 80.4 cm³/mol. The van der Waals surface area contributed by atoms with Crippen molar-refractivity contribution in [1.29, 1.82) is 0 Å². The molecule has 1 aliphatic carbocycles. The SMILES string of the molecule is CCC(O)c1cccc(S(=O)(=O)NCCOCC2CC2)c1. The lowest BCUT2D eigenvalue weighted by atomic mass is 10.1. The summed E-state index contributed by atoms with van der Waals surface area (Å²) in [5, 5.41) is 9.79. The highest BCUT2D eigenvalue weighted by Crippen LogP contribution is 2.28. The van der Waals surface area contributed by atoms with Crippen LogP contribution < -0.4 is 4.72 Å². The van der Waals surface area contributed by atoms with Gasteiger partial charge in [0, 0.05) is 13.2 Å². The minimum Gasteiger partial charge on any atom is -0.388 e. The Morgan fingerprint density at radius 3 is 2.86 bits per heavy atom. The summed E-state index contributed by atoms with van der Waals surface area (Å²) in [6.45, 7) is 3.21. The van der Waals surface area contributed by atoms with Crippen LogP contribution in [0.2, 0.25) is 0 Å². The zero-order valence-corrected chi connectivity index (χ0v) is 13.1. The summed E-state index contributed by atoms with van der Waals surface area (Å²) in [6.07, 6.45) is 2.35. The normalized spacial score (nSPS) is 16.9. The Morgan fingerprint density at radius 1 is 1.43 bits per heavy atom. The first kappa shape index (κ1) is 16.4. The molecule has 0 heterocycles. The van der Waals surface area contributed by atoms with E-state index in [1.54, 1.807) is 12.1 Å². The van der Waals surface area contributed by atoms with Crippen LogP contribution in [0.25, 0.3) is 0 Å². The van der Waals surface area contributed by atoms with Crippen LogP contribution in [0.5, 0.6) is 0 Å². The Bertz CT molecular complexity index is 555. The molecule has 0 spiro atoms. The van der Waals surface area contributed by atoms with Crippen molar-refractivity contribution in [3.05, 3.63) is 29.8 Å². The maximum Gasteiger partial charge on any atom is 0.240 e. The van der Waals surface area contributed by atoms with E-state index in [0.29, 0.717) is 24.5 Å². The molecule has 0 aliphatic heterocycles. The van der Waals surface area contributed by atoms with E-state index in [-0.39, 0.29) is 11.4 Å². The van der Waals surface area contributed by atoms with Crippen molar-refractivity contribution in [3.63, 3.8) is 0 Å². The molecular weight excluding hydrogens is 290 g/mol. The number of rotatable bonds is 9. The van der Waals surface area contributed by atoms with Crippen molar-refractivity contribution in [1.82, 2.24) is 4.72 Å². The van der Waals surface area contributed by atoms with Gasteiger partial charge in [-0.25, -0.2) is 13.1 Å². The molecule has 6 heteroatoms. The molecule has 0 radical (unpaired) electrons. The Morgan fingerprint density at radius 2 is 2.19 bits per heavy atom. The Kier molecular flexibility index (Phi) is 5.75. The Balaban J connectivity index is 1.88. The van der Waals surface area contributed by atoms with Gasteiger partial charge in [0.2, 0.25) is 10.0 Å². The van der Waals surface area contributed by atoms with Crippen LogP contribution >= 0.6 is 0 Å². The van der Waals surface area contributed by atoms with Gasteiger partial charge in [-0.05, 0) is 42.9 Å². The number of aliphatic hydroxyl groups is 1. The van der Waals surface area contributed by atoms with Gasteiger partial charge in [0.15, 0.2) is 0 Å². The number of benzene rings is 1. The quantitative estimate of drug-likeness (QED) is 0.682. The van der Waals surface area contributed by atoms with Gasteiger partial charge < -0.3 is 9.84 Å². The van der Waals surface area contributed by atoms with E-state index in [4.69, 9.17) is 4.74 Å². The van der Waals surface area contributed by atoms with Crippen molar-refractivity contribution >= 4 is 10.0 Å². The van der Waals surface area contributed by atoms with Crippen LogP contribution in [0.4, 0.5) is 0 Å². The summed E-state index contributed by atoms with van der Waals surface area (Å²) in [6, 6.07) is 6.42. The third kappa shape index (κ3) is 5.07. The summed E-state index contributed by atoms with van der Waals surface area (Å²) in [5.74, 6) is 0.675. The van der Waals surface area contributed by atoms with Crippen molar-refractivity contribution in [2.45, 2.75) is 37.2 Å². The average molecular weight is 313 g/mol. The number of ether oxygens (including phenoxy) is 1. The average Bonchev–Trinajstić information content (AvgIpc) is 3.30. The van der Waals surface area contributed by atoms with Gasteiger partial charge in [0.1, 0.15) is 0 Å². The number of aliphatic hydroxyl groups excluding tert-OH is 1. The van der Waals surface area contributed by atoms with Gasteiger partial charge in [-0.2, -0.15) is 0 Å². The molecule has 0 bridgehead atoms. The number of sulfonamides is 1. The third-order valence-corrected chi connectivity index (χ3v) is 4.99. The predicted octanol–water partition coefficient (Wildman–Crippen LogP) is 1.83. The van der Waals surface area contributed by atoms with Gasteiger partial charge in [0.25, 0.3) is 0 Å². The van der Waals surface area contributed by atoms with Crippen molar-refractivity contribution in [3.8, 4) is 0 Å². The molecule has 21 heavy (non-hydrogen) atoms. The molecule has 1 fully saturated rings. The van der Waals surface area contributed by atoms with Crippen molar-refractivity contribution < 1.29 is 18.3 Å². The minimum atomic E-state index is -3.55. The summed E-state index contributed by atoms with van der Waals surface area (Å²) < 4.78 is 32.2. The van der Waals surface area contributed by atoms with E-state index in [2.05, 4.69) is 4.72 Å². The first-order valence-electron chi connectivity index (χ1n) is 7.38.